The van der Waals surface area contributed by atoms with Gasteiger partial charge in [0.05, 0.1) is 12.8 Å². The van der Waals surface area contributed by atoms with Crippen molar-refractivity contribution in [1.29, 1.82) is 0 Å². The molecule has 0 aliphatic rings. The maximum Gasteiger partial charge on any atom is 0.349 e. The highest BCUT2D eigenvalue weighted by Gasteiger charge is 2.16. The Kier molecular flexibility index (Phi) is 4.55. The first-order chi connectivity index (χ1) is 9.51. The molecule has 3 nitrogen and oxygen atoms in total. The number of aromatic nitrogens is 1. The molecule has 0 radical (unpaired) electrons. The number of nitrogens with zero attached hydrogens (tertiary/aromatic N) is 1. The molecule has 1 aromatic carbocycles. The van der Waals surface area contributed by atoms with E-state index in [1.807, 2.05) is 6.92 Å². The SMILES string of the molecule is COC(=O)c1sc(-c2ccc(CC(C)C)cc2)nc1C. The largest absolute Gasteiger partial charge is 0.465 e. The van der Waals surface area contributed by atoms with Crippen LogP contribution in [0, 0.1) is 12.8 Å². The van der Waals surface area contributed by atoms with Crippen molar-refractivity contribution in [2.45, 2.75) is 27.2 Å². The smallest absolute Gasteiger partial charge is 0.349 e. The first-order valence-corrected chi connectivity index (χ1v) is 7.48. The zero-order valence-corrected chi connectivity index (χ0v) is 13.1. The van der Waals surface area contributed by atoms with E-state index in [0.717, 1.165) is 22.7 Å². The highest BCUT2D eigenvalue weighted by molar-refractivity contribution is 7.17. The summed E-state index contributed by atoms with van der Waals surface area (Å²) in [6, 6.07) is 8.39. The topological polar surface area (TPSA) is 39.2 Å². The third-order valence-corrected chi connectivity index (χ3v) is 4.20. The highest BCUT2D eigenvalue weighted by Crippen LogP contribution is 2.28. The number of aryl methyl sites for hydroxylation is 1. The number of hydrogen-bond donors (Lipinski definition) is 0. The Balaban J connectivity index is 2.26. The molecule has 0 aliphatic heterocycles. The van der Waals surface area contributed by atoms with Crippen LogP contribution in [-0.4, -0.2) is 18.1 Å². The van der Waals surface area contributed by atoms with Crippen LogP contribution in [0.4, 0.5) is 0 Å². The van der Waals surface area contributed by atoms with Crippen molar-refractivity contribution in [3.05, 3.63) is 40.4 Å². The molecule has 1 aromatic heterocycles. The first kappa shape index (κ1) is 14.7. The fraction of sp³-hybridized carbons (Fsp3) is 0.375. The summed E-state index contributed by atoms with van der Waals surface area (Å²) in [6.07, 6.45) is 1.07. The van der Waals surface area contributed by atoms with Crippen molar-refractivity contribution in [2.24, 2.45) is 5.92 Å². The molecule has 0 atom stereocenters. The van der Waals surface area contributed by atoms with E-state index in [0.29, 0.717) is 10.8 Å². The van der Waals surface area contributed by atoms with Crippen LogP contribution < -0.4 is 0 Å². The monoisotopic (exact) mass is 289 g/mol. The van der Waals surface area contributed by atoms with Gasteiger partial charge < -0.3 is 4.74 Å². The molecule has 0 aliphatic carbocycles. The van der Waals surface area contributed by atoms with Gasteiger partial charge in [-0.3, -0.25) is 0 Å². The minimum atomic E-state index is -0.317. The van der Waals surface area contributed by atoms with E-state index in [1.165, 1.54) is 24.0 Å². The van der Waals surface area contributed by atoms with Gasteiger partial charge in [0.1, 0.15) is 9.88 Å². The van der Waals surface area contributed by atoms with Gasteiger partial charge in [-0.05, 0) is 24.8 Å². The predicted octanol–water partition coefficient (Wildman–Crippen LogP) is 4.10. The van der Waals surface area contributed by atoms with Crippen molar-refractivity contribution in [3.8, 4) is 10.6 Å². The second-order valence-electron chi connectivity index (χ2n) is 5.22. The lowest BCUT2D eigenvalue weighted by Gasteiger charge is -2.05. The van der Waals surface area contributed by atoms with Crippen LogP contribution in [0.2, 0.25) is 0 Å². The number of methoxy groups -OCH3 is 1. The standard InChI is InChI=1S/C16H19NO2S/c1-10(2)9-12-5-7-13(8-6-12)15-17-11(3)14(20-15)16(18)19-4/h5-8,10H,9H2,1-4H3. The summed E-state index contributed by atoms with van der Waals surface area (Å²) in [5, 5.41) is 0.860. The molecule has 1 heterocycles. The van der Waals surface area contributed by atoms with Gasteiger partial charge in [0.25, 0.3) is 0 Å². The molecule has 20 heavy (non-hydrogen) atoms. The predicted molar refractivity (Wildman–Crippen MR) is 82.2 cm³/mol. The van der Waals surface area contributed by atoms with E-state index in [1.54, 1.807) is 0 Å². The lowest BCUT2D eigenvalue weighted by atomic mass is 10.0. The van der Waals surface area contributed by atoms with Gasteiger partial charge in [0.15, 0.2) is 0 Å². The fourth-order valence-corrected chi connectivity index (χ4v) is 3.05. The second kappa shape index (κ2) is 6.18. The Morgan fingerprint density at radius 3 is 2.50 bits per heavy atom. The number of carbonyl (C=O) groups is 1. The molecule has 0 saturated heterocycles. The Bertz CT molecular complexity index is 599. The van der Waals surface area contributed by atoms with Gasteiger partial charge in [-0.15, -0.1) is 11.3 Å². The Labute approximate surface area is 123 Å². The molecular formula is C16H19NO2S. The number of benzene rings is 1. The molecule has 0 fully saturated rings. The summed E-state index contributed by atoms with van der Waals surface area (Å²) in [5.41, 5.74) is 3.09. The Morgan fingerprint density at radius 1 is 1.30 bits per heavy atom. The molecule has 0 amide bonds. The van der Waals surface area contributed by atoms with Gasteiger partial charge in [-0.25, -0.2) is 9.78 Å². The summed E-state index contributed by atoms with van der Waals surface area (Å²) in [4.78, 5) is 16.6. The molecule has 0 unspecified atom stereocenters. The Morgan fingerprint density at radius 2 is 1.95 bits per heavy atom. The van der Waals surface area contributed by atoms with Crippen molar-refractivity contribution < 1.29 is 9.53 Å². The fourth-order valence-electron chi connectivity index (χ4n) is 2.06. The van der Waals surface area contributed by atoms with Crippen molar-refractivity contribution in [3.63, 3.8) is 0 Å². The van der Waals surface area contributed by atoms with Crippen LogP contribution in [0.3, 0.4) is 0 Å². The molecule has 2 aromatic rings. The van der Waals surface area contributed by atoms with Crippen molar-refractivity contribution in [2.75, 3.05) is 7.11 Å². The van der Waals surface area contributed by atoms with E-state index in [2.05, 4.69) is 43.1 Å². The quantitative estimate of drug-likeness (QED) is 0.795. The number of thiazole rings is 1. The van der Waals surface area contributed by atoms with Gasteiger partial charge in [-0.1, -0.05) is 38.1 Å². The minimum Gasteiger partial charge on any atom is -0.465 e. The lowest BCUT2D eigenvalue weighted by molar-refractivity contribution is 0.0605. The summed E-state index contributed by atoms with van der Waals surface area (Å²) in [5.74, 6) is 0.330. The highest BCUT2D eigenvalue weighted by atomic mass is 32.1. The van der Waals surface area contributed by atoms with Crippen molar-refractivity contribution >= 4 is 17.3 Å². The normalized spacial score (nSPS) is 10.8. The molecule has 0 saturated carbocycles. The van der Waals surface area contributed by atoms with Gasteiger partial charge in [0.2, 0.25) is 0 Å². The second-order valence-corrected chi connectivity index (χ2v) is 6.22. The van der Waals surface area contributed by atoms with Gasteiger partial charge in [-0.2, -0.15) is 0 Å². The summed E-state index contributed by atoms with van der Waals surface area (Å²) in [7, 11) is 1.39. The van der Waals surface area contributed by atoms with Crippen LogP contribution >= 0.6 is 11.3 Å². The average molecular weight is 289 g/mol. The van der Waals surface area contributed by atoms with Crippen LogP contribution in [0.5, 0.6) is 0 Å². The van der Waals surface area contributed by atoms with Gasteiger partial charge in [0, 0.05) is 5.56 Å². The average Bonchev–Trinajstić information content (AvgIpc) is 2.80. The van der Waals surface area contributed by atoms with E-state index in [-0.39, 0.29) is 5.97 Å². The number of hydrogen-bond acceptors (Lipinski definition) is 4. The van der Waals surface area contributed by atoms with Gasteiger partial charge >= 0.3 is 5.97 Å². The van der Waals surface area contributed by atoms with Crippen LogP contribution in [0.1, 0.15) is 34.8 Å². The number of carbonyl (C=O) groups excluding carboxylic acids is 1. The number of rotatable bonds is 4. The number of esters is 1. The number of ether oxygens (including phenoxy) is 1. The van der Waals surface area contributed by atoms with Crippen LogP contribution in [-0.2, 0) is 11.2 Å². The summed E-state index contributed by atoms with van der Waals surface area (Å²) >= 11 is 1.38. The Hall–Kier alpha value is -1.68. The molecule has 106 valence electrons. The molecule has 0 N–H and O–H groups in total. The van der Waals surface area contributed by atoms with Crippen LogP contribution in [0.25, 0.3) is 10.6 Å². The lowest BCUT2D eigenvalue weighted by Crippen LogP contribution is -1.99. The minimum absolute atomic E-state index is 0.317. The molecule has 0 bridgehead atoms. The molecule has 4 heteroatoms. The first-order valence-electron chi connectivity index (χ1n) is 6.66. The van der Waals surface area contributed by atoms with E-state index in [9.17, 15) is 4.79 Å². The van der Waals surface area contributed by atoms with E-state index in [4.69, 9.17) is 4.74 Å². The summed E-state index contributed by atoms with van der Waals surface area (Å²) in [6.45, 7) is 6.25. The van der Waals surface area contributed by atoms with E-state index < -0.39 is 0 Å². The van der Waals surface area contributed by atoms with Crippen LogP contribution in [0.15, 0.2) is 24.3 Å². The molecular weight excluding hydrogens is 270 g/mol. The zero-order valence-electron chi connectivity index (χ0n) is 12.3. The van der Waals surface area contributed by atoms with E-state index >= 15 is 0 Å². The molecule has 2 rings (SSSR count). The molecule has 0 spiro atoms. The summed E-state index contributed by atoms with van der Waals surface area (Å²) < 4.78 is 4.76. The third-order valence-electron chi connectivity index (χ3n) is 3.01. The maximum absolute atomic E-state index is 11.6. The van der Waals surface area contributed by atoms with Crippen molar-refractivity contribution in [1.82, 2.24) is 4.98 Å². The maximum atomic E-state index is 11.6. The third kappa shape index (κ3) is 3.25. The zero-order chi connectivity index (χ0) is 14.7.